The summed E-state index contributed by atoms with van der Waals surface area (Å²) < 4.78 is 4.90. The van der Waals surface area contributed by atoms with Crippen LogP contribution < -0.4 is 4.74 Å². The molecule has 0 aliphatic heterocycles. The highest BCUT2D eigenvalue weighted by Gasteiger charge is 2.17. The minimum atomic E-state index is -1.37. The molecule has 1 rings (SSSR count). The van der Waals surface area contributed by atoms with Crippen molar-refractivity contribution >= 4 is 23.3 Å². The Kier molecular flexibility index (Phi) is 4.45. The molecule has 0 spiro atoms. The van der Waals surface area contributed by atoms with Crippen LogP contribution in [0.2, 0.25) is 0 Å². The SMILES string of the molecule is C=C(C(=O)O)C(=O)Oc1ccc(CC(C)C)s1. The van der Waals surface area contributed by atoms with Crippen molar-refractivity contribution in [1.82, 2.24) is 0 Å². The number of carboxylic acid groups (broad SMARTS) is 1. The molecule has 1 N–H and O–H groups in total. The molecule has 1 aromatic heterocycles. The molecule has 5 heteroatoms. The Morgan fingerprint density at radius 3 is 2.65 bits per heavy atom. The molecule has 0 fully saturated rings. The lowest BCUT2D eigenvalue weighted by Gasteiger charge is -2.01. The molecular weight excluding hydrogens is 240 g/mol. The third-order valence-electron chi connectivity index (χ3n) is 1.94. The Morgan fingerprint density at radius 1 is 1.47 bits per heavy atom. The summed E-state index contributed by atoms with van der Waals surface area (Å²) in [6.07, 6.45) is 0.905. The van der Waals surface area contributed by atoms with Crippen molar-refractivity contribution in [2.45, 2.75) is 20.3 Å². The summed E-state index contributed by atoms with van der Waals surface area (Å²) in [5.74, 6) is -1.77. The number of carbonyl (C=O) groups is 2. The number of ether oxygens (including phenoxy) is 1. The van der Waals surface area contributed by atoms with Gasteiger partial charge in [0.25, 0.3) is 0 Å². The number of carbonyl (C=O) groups excluding carboxylic acids is 1. The molecule has 0 aromatic carbocycles. The van der Waals surface area contributed by atoms with Crippen LogP contribution in [0.15, 0.2) is 24.3 Å². The molecule has 1 heterocycles. The monoisotopic (exact) mass is 254 g/mol. The number of aliphatic carboxylic acids is 1. The predicted molar refractivity (Wildman–Crippen MR) is 65.3 cm³/mol. The van der Waals surface area contributed by atoms with Crippen molar-refractivity contribution in [1.29, 1.82) is 0 Å². The minimum Gasteiger partial charge on any atom is -0.477 e. The molecule has 0 radical (unpaired) electrons. The Bertz CT molecular complexity index is 445. The van der Waals surface area contributed by atoms with E-state index >= 15 is 0 Å². The van der Waals surface area contributed by atoms with E-state index in [9.17, 15) is 9.59 Å². The standard InChI is InChI=1S/C12H14O4S/c1-7(2)6-9-4-5-10(17-9)16-12(15)8(3)11(13)14/h4-5,7H,3,6H2,1-2H3,(H,13,14). The fourth-order valence-electron chi connectivity index (χ4n) is 1.17. The second-order valence-electron chi connectivity index (χ2n) is 3.99. The Hall–Kier alpha value is -1.62. The summed E-state index contributed by atoms with van der Waals surface area (Å²) in [6.45, 7) is 7.33. The minimum absolute atomic E-state index is 0.396. The normalized spacial score (nSPS) is 10.3. The van der Waals surface area contributed by atoms with Gasteiger partial charge in [0.05, 0.1) is 0 Å². The smallest absolute Gasteiger partial charge is 0.351 e. The van der Waals surface area contributed by atoms with E-state index in [0.29, 0.717) is 11.0 Å². The van der Waals surface area contributed by atoms with Crippen LogP contribution in [0.25, 0.3) is 0 Å². The number of hydrogen-bond acceptors (Lipinski definition) is 4. The zero-order valence-corrected chi connectivity index (χ0v) is 10.5. The number of thiophene rings is 1. The average molecular weight is 254 g/mol. The van der Waals surface area contributed by atoms with E-state index in [0.717, 1.165) is 11.3 Å². The highest BCUT2D eigenvalue weighted by atomic mass is 32.1. The molecule has 0 unspecified atom stereocenters. The number of rotatable bonds is 5. The van der Waals surface area contributed by atoms with Crippen LogP contribution in [-0.4, -0.2) is 17.0 Å². The number of esters is 1. The van der Waals surface area contributed by atoms with Gasteiger partial charge in [0, 0.05) is 4.88 Å². The van der Waals surface area contributed by atoms with E-state index in [4.69, 9.17) is 9.84 Å². The van der Waals surface area contributed by atoms with E-state index in [1.54, 1.807) is 6.07 Å². The fourth-order valence-corrected chi connectivity index (χ4v) is 2.23. The van der Waals surface area contributed by atoms with Gasteiger partial charge in [-0.1, -0.05) is 20.4 Å². The molecule has 0 amide bonds. The summed E-state index contributed by atoms with van der Waals surface area (Å²) in [4.78, 5) is 22.9. The van der Waals surface area contributed by atoms with Crippen molar-refractivity contribution in [2.24, 2.45) is 5.92 Å². The quantitative estimate of drug-likeness (QED) is 0.379. The summed E-state index contributed by atoms with van der Waals surface area (Å²) in [5.41, 5.74) is -0.566. The molecule has 92 valence electrons. The van der Waals surface area contributed by atoms with E-state index < -0.39 is 17.5 Å². The molecule has 0 aliphatic rings. The van der Waals surface area contributed by atoms with Crippen molar-refractivity contribution in [3.8, 4) is 5.06 Å². The third kappa shape index (κ3) is 4.03. The van der Waals surface area contributed by atoms with Gasteiger partial charge in [-0.3, -0.25) is 0 Å². The van der Waals surface area contributed by atoms with Crippen molar-refractivity contribution in [3.05, 3.63) is 29.2 Å². The van der Waals surface area contributed by atoms with E-state index in [2.05, 4.69) is 20.4 Å². The highest BCUT2D eigenvalue weighted by Crippen LogP contribution is 2.26. The van der Waals surface area contributed by atoms with Crippen molar-refractivity contribution in [2.75, 3.05) is 0 Å². The Labute approximate surface area is 104 Å². The first-order valence-corrected chi connectivity index (χ1v) is 5.95. The molecule has 0 atom stereocenters. The van der Waals surface area contributed by atoms with E-state index in [-0.39, 0.29) is 0 Å². The summed E-state index contributed by atoms with van der Waals surface area (Å²) in [7, 11) is 0. The van der Waals surface area contributed by atoms with Crippen molar-refractivity contribution in [3.63, 3.8) is 0 Å². The maximum Gasteiger partial charge on any atom is 0.351 e. The third-order valence-corrected chi connectivity index (χ3v) is 2.93. The number of hydrogen-bond donors (Lipinski definition) is 1. The molecule has 17 heavy (non-hydrogen) atoms. The fraction of sp³-hybridized carbons (Fsp3) is 0.333. The summed E-state index contributed by atoms with van der Waals surface area (Å²) in [6, 6.07) is 3.53. The van der Waals surface area contributed by atoms with Gasteiger partial charge in [-0.25, -0.2) is 9.59 Å². The van der Waals surface area contributed by atoms with Crippen LogP contribution in [0.4, 0.5) is 0 Å². The van der Waals surface area contributed by atoms with Crippen LogP contribution in [-0.2, 0) is 16.0 Å². The molecule has 0 saturated heterocycles. The maximum atomic E-state index is 11.3. The topological polar surface area (TPSA) is 63.6 Å². The van der Waals surface area contributed by atoms with Crippen molar-refractivity contribution < 1.29 is 19.4 Å². The van der Waals surface area contributed by atoms with Gasteiger partial charge in [-0.15, -0.1) is 11.3 Å². The van der Waals surface area contributed by atoms with Gasteiger partial charge in [-0.2, -0.15) is 0 Å². The maximum absolute atomic E-state index is 11.3. The van der Waals surface area contributed by atoms with Gasteiger partial charge >= 0.3 is 11.9 Å². The first-order valence-electron chi connectivity index (χ1n) is 5.13. The Morgan fingerprint density at radius 2 is 2.12 bits per heavy atom. The predicted octanol–water partition coefficient (Wildman–Crippen LogP) is 2.49. The van der Waals surface area contributed by atoms with Crippen LogP contribution in [0.1, 0.15) is 18.7 Å². The molecule has 0 saturated carbocycles. The molecule has 0 bridgehead atoms. The largest absolute Gasteiger partial charge is 0.477 e. The first kappa shape index (κ1) is 13.4. The van der Waals surface area contributed by atoms with Gasteiger partial charge in [0.15, 0.2) is 5.06 Å². The second kappa shape index (κ2) is 5.63. The van der Waals surface area contributed by atoms with Gasteiger partial charge in [-0.05, 0) is 24.5 Å². The average Bonchev–Trinajstić information content (AvgIpc) is 2.63. The lowest BCUT2D eigenvalue weighted by atomic mass is 10.1. The lowest BCUT2D eigenvalue weighted by molar-refractivity contribution is -0.138. The highest BCUT2D eigenvalue weighted by molar-refractivity contribution is 7.13. The molecule has 1 aromatic rings. The second-order valence-corrected chi connectivity index (χ2v) is 5.12. The summed E-state index contributed by atoms with van der Waals surface area (Å²) >= 11 is 1.34. The Balaban J connectivity index is 2.63. The van der Waals surface area contributed by atoms with Crippen LogP contribution >= 0.6 is 11.3 Å². The van der Waals surface area contributed by atoms with Crippen LogP contribution in [0.3, 0.4) is 0 Å². The zero-order valence-electron chi connectivity index (χ0n) is 9.73. The van der Waals surface area contributed by atoms with E-state index in [1.807, 2.05) is 6.07 Å². The van der Waals surface area contributed by atoms with Crippen LogP contribution in [0, 0.1) is 5.92 Å². The lowest BCUT2D eigenvalue weighted by Crippen LogP contribution is -2.16. The molecule has 0 aliphatic carbocycles. The number of carboxylic acids is 1. The van der Waals surface area contributed by atoms with Gasteiger partial charge in [0.1, 0.15) is 5.57 Å². The van der Waals surface area contributed by atoms with Crippen LogP contribution in [0.5, 0.6) is 5.06 Å². The van der Waals surface area contributed by atoms with Gasteiger partial charge < -0.3 is 9.84 Å². The van der Waals surface area contributed by atoms with E-state index in [1.165, 1.54) is 11.3 Å². The molecular formula is C12H14O4S. The molecule has 4 nitrogen and oxygen atoms in total. The van der Waals surface area contributed by atoms with Gasteiger partial charge in [0.2, 0.25) is 0 Å². The first-order chi connectivity index (χ1) is 7.90. The zero-order chi connectivity index (χ0) is 13.0. The summed E-state index contributed by atoms with van der Waals surface area (Å²) in [5, 5.41) is 8.95.